The van der Waals surface area contributed by atoms with Crippen molar-refractivity contribution in [3.63, 3.8) is 0 Å². The monoisotopic (exact) mass is 516 g/mol. The first-order chi connectivity index (χ1) is 16.7. The number of hydrogen-bond acceptors (Lipinski definition) is 8. The van der Waals surface area contributed by atoms with Crippen LogP contribution < -0.4 is 25.2 Å². The van der Waals surface area contributed by atoms with Crippen molar-refractivity contribution in [3.8, 4) is 17.3 Å². The molecule has 12 nitrogen and oxygen atoms in total. The minimum absolute atomic E-state index is 0.0913. The number of aryl methyl sites for hydroxylation is 1. The van der Waals surface area contributed by atoms with Gasteiger partial charge in [-0.25, -0.2) is 17.9 Å². The molecule has 3 rings (SSSR count). The maximum Gasteiger partial charge on any atom is 0.411 e. The number of nitrogens with two attached hydrogens (primary N) is 1. The number of sulfonamides is 1. The average molecular weight is 517 g/mol. The Kier molecular flexibility index (Phi) is 7.25. The molecule has 0 bridgehead atoms. The molecule has 1 heterocycles. The third-order valence-corrected chi connectivity index (χ3v) is 5.69. The number of methoxy groups -OCH3 is 1. The maximum absolute atomic E-state index is 13.2. The lowest BCUT2D eigenvalue weighted by Crippen LogP contribution is -2.18. The van der Waals surface area contributed by atoms with Gasteiger partial charge < -0.3 is 20.5 Å². The number of amides is 2. The van der Waals surface area contributed by atoms with Crippen molar-refractivity contribution in [1.29, 1.82) is 0 Å². The Morgan fingerprint density at radius 3 is 2.36 bits per heavy atom. The van der Waals surface area contributed by atoms with E-state index in [0.717, 1.165) is 17.4 Å². The van der Waals surface area contributed by atoms with Crippen LogP contribution in [0.2, 0.25) is 0 Å². The molecule has 0 aliphatic rings. The lowest BCUT2D eigenvalue weighted by atomic mass is 9.86. The summed E-state index contributed by atoms with van der Waals surface area (Å²) in [5.41, 5.74) is 7.50. The number of nitrogens with one attached hydrogen (secondary N) is 2. The Morgan fingerprint density at radius 2 is 1.78 bits per heavy atom. The zero-order valence-corrected chi connectivity index (χ0v) is 21.6. The molecule has 0 aliphatic carbocycles. The van der Waals surface area contributed by atoms with Gasteiger partial charge in [0, 0.05) is 5.56 Å². The van der Waals surface area contributed by atoms with E-state index >= 15 is 0 Å². The molecule has 3 aromatic rings. The van der Waals surface area contributed by atoms with Gasteiger partial charge in [0.05, 0.1) is 36.6 Å². The van der Waals surface area contributed by atoms with Crippen LogP contribution in [0.25, 0.3) is 5.69 Å². The molecule has 13 heteroatoms. The Bertz CT molecular complexity index is 1430. The molecule has 0 atom stereocenters. The molecule has 0 saturated heterocycles. The van der Waals surface area contributed by atoms with Crippen LogP contribution in [0.4, 0.5) is 16.2 Å². The van der Waals surface area contributed by atoms with Crippen LogP contribution in [0.15, 0.2) is 36.5 Å². The fourth-order valence-corrected chi connectivity index (χ4v) is 3.91. The summed E-state index contributed by atoms with van der Waals surface area (Å²) in [5.74, 6) is -0.398. The van der Waals surface area contributed by atoms with Crippen molar-refractivity contribution >= 4 is 33.4 Å². The molecular formula is C23H28N6O6S. The first kappa shape index (κ1) is 26.5. The number of nitrogens with zero attached hydrogens (tertiary/aromatic N) is 3. The first-order valence-electron chi connectivity index (χ1n) is 10.7. The minimum Gasteiger partial charge on any atom is -0.492 e. The Labute approximate surface area is 208 Å². The van der Waals surface area contributed by atoms with Gasteiger partial charge in [-0.2, -0.15) is 0 Å². The number of rotatable bonds is 7. The molecule has 2 amide bonds. The summed E-state index contributed by atoms with van der Waals surface area (Å²) in [6.07, 6.45) is 1.36. The van der Waals surface area contributed by atoms with Gasteiger partial charge in [0.1, 0.15) is 0 Å². The van der Waals surface area contributed by atoms with Gasteiger partial charge in [-0.3, -0.25) is 9.52 Å². The summed E-state index contributed by atoms with van der Waals surface area (Å²) in [6.45, 7) is 7.70. The SMILES string of the molecule is COc1c(NC(=O)c2ccc(C)c(-n3cc(OC(N)=O)nn3)c2)cc(C(C)(C)C)cc1NS(C)(=O)=O. The second-order valence-electron chi connectivity index (χ2n) is 9.11. The van der Waals surface area contributed by atoms with E-state index < -0.39 is 22.0 Å². The Morgan fingerprint density at radius 1 is 1.11 bits per heavy atom. The number of benzene rings is 2. The minimum atomic E-state index is -3.61. The van der Waals surface area contributed by atoms with Gasteiger partial charge in [0.2, 0.25) is 10.0 Å². The summed E-state index contributed by atoms with van der Waals surface area (Å²) in [5, 5.41) is 10.5. The largest absolute Gasteiger partial charge is 0.492 e. The molecule has 0 radical (unpaired) electrons. The van der Waals surface area contributed by atoms with Crippen molar-refractivity contribution in [1.82, 2.24) is 15.0 Å². The van der Waals surface area contributed by atoms with Crippen molar-refractivity contribution in [2.75, 3.05) is 23.4 Å². The highest BCUT2D eigenvalue weighted by Gasteiger charge is 2.23. The van der Waals surface area contributed by atoms with Gasteiger partial charge in [-0.05, 0) is 47.7 Å². The van der Waals surface area contributed by atoms with Crippen LogP contribution >= 0.6 is 0 Å². The molecule has 0 spiro atoms. The standard InChI is InChI=1S/C23H28N6O6S/c1-13-7-8-14(9-18(13)29-12-19(26-28-29)35-22(24)31)21(30)25-16-10-15(23(2,3)4)11-17(20(16)34-5)27-36(6,32)33/h7-12,27H,1-6H3,(H2,24,31)(H,25,30). The molecule has 0 saturated carbocycles. The smallest absolute Gasteiger partial charge is 0.411 e. The maximum atomic E-state index is 13.2. The predicted molar refractivity (Wildman–Crippen MR) is 134 cm³/mol. The summed E-state index contributed by atoms with van der Waals surface area (Å²) in [7, 11) is -2.23. The highest BCUT2D eigenvalue weighted by atomic mass is 32.2. The lowest BCUT2D eigenvalue weighted by Gasteiger charge is -2.24. The van der Waals surface area contributed by atoms with E-state index in [2.05, 4.69) is 20.4 Å². The van der Waals surface area contributed by atoms with Crippen LogP contribution in [0.1, 0.15) is 42.3 Å². The van der Waals surface area contributed by atoms with Crippen LogP contribution in [0, 0.1) is 6.92 Å². The number of aromatic nitrogens is 3. The van der Waals surface area contributed by atoms with Gasteiger partial charge in [-0.15, -0.1) is 0 Å². The van der Waals surface area contributed by atoms with Crippen molar-refractivity contribution in [2.45, 2.75) is 33.1 Å². The van der Waals surface area contributed by atoms with Gasteiger partial charge in [0.25, 0.3) is 11.8 Å². The number of primary amides is 1. The fraction of sp³-hybridized carbons (Fsp3) is 0.304. The number of hydrogen-bond donors (Lipinski definition) is 3. The Hall–Kier alpha value is -4.13. The third kappa shape index (κ3) is 6.30. The van der Waals surface area contributed by atoms with Gasteiger partial charge in [0.15, 0.2) is 5.75 Å². The van der Waals surface area contributed by atoms with Crippen LogP contribution in [-0.4, -0.2) is 48.8 Å². The molecule has 192 valence electrons. The summed E-state index contributed by atoms with van der Waals surface area (Å²) in [6, 6.07) is 8.35. The Balaban J connectivity index is 2.01. The third-order valence-electron chi connectivity index (χ3n) is 5.10. The number of carbonyl (C=O) groups is 2. The molecule has 36 heavy (non-hydrogen) atoms. The van der Waals surface area contributed by atoms with Crippen LogP contribution in [0.3, 0.4) is 0 Å². The fourth-order valence-electron chi connectivity index (χ4n) is 3.36. The number of ether oxygens (including phenoxy) is 2. The highest BCUT2D eigenvalue weighted by Crippen LogP contribution is 2.39. The zero-order chi connectivity index (χ0) is 26.8. The second-order valence-corrected chi connectivity index (χ2v) is 10.9. The summed E-state index contributed by atoms with van der Waals surface area (Å²) >= 11 is 0. The van der Waals surface area contributed by atoms with E-state index in [0.29, 0.717) is 11.4 Å². The van der Waals surface area contributed by atoms with E-state index in [9.17, 15) is 18.0 Å². The summed E-state index contributed by atoms with van der Waals surface area (Å²) in [4.78, 5) is 24.2. The molecular weight excluding hydrogens is 488 g/mol. The zero-order valence-electron chi connectivity index (χ0n) is 20.7. The van der Waals surface area contributed by atoms with E-state index in [1.54, 1.807) is 30.3 Å². The second kappa shape index (κ2) is 9.85. The van der Waals surface area contributed by atoms with Crippen molar-refractivity contribution in [3.05, 3.63) is 53.2 Å². The number of anilines is 2. The normalized spacial score (nSPS) is 11.6. The van der Waals surface area contributed by atoms with E-state index in [1.807, 2.05) is 27.7 Å². The van der Waals surface area contributed by atoms with E-state index in [4.69, 9.17) is 15.2 Å². The summed E-state index contributed by atoms with van der Waals surface area (Å²) < 4.78 is 37.9. The average Bonchev–Trinajstić information content (AvgIpc) is 3.19. The molecule has 0 fully saturated rings. The molecule has 0 unspecified atom stereocenters. The van der Waals surface area contributed by atoms with Crippen molar-refractivity contribution < 1.29 is 27.5 Å². The lowest BCUT2D eigenvalue weighted by molar-refractivity contribution is 0.102. The number of carbonyl (C=O) groups excluding carboxylic acids is 2. The van der Waals surface area contributed by atoms with Crippen LogP contribution in [-0.2, 0) is 15.4 Å². The predicted octanol–water partition coefficient (Wildman–Crippen LogP) is 2.96. The van der Waals surface area contributed by atoms with E-state index in [-0.39, 0.29) is 28.3 Å². The quantitative estimate of drug-likeness (QED) is 0.431. The first-order valence-corrected chi connectivity index (χ1v) is 12.6. The molecule has 0 aliphatic heterocycles. The van der Waals surface area contributed by atoms with Gasteiger partial charge in [-0.1, -0.05) is 37.1 Å². The van der Waals surface area contributed by atoms with Crippen LogP contribution in [0.5, 0.6) is 11.6 Å². The molecule has 4 N–H and O–H groups in total. The van der Waals surface area contributed by atoms with Crippen molar-refractivity contribution in [2.24, 2.45) is 5.73 Å². The highest BCUT2D eigenvalue weighted by molar-refractivity contribution is 7.92. The topological polar surface area (TPSA) is 168 Å². The van der Waals surface area contributed by atoms with Gasteiger partial charge >= 0.3 is 6.09 Å². The van der Waals surface area contributed by atoms with E-state index in [1.165, 1.54) is 18.0 Å². The molecule has 2 aromatic carbocycles. The molecule has 1 aromatic heterocycles.